The molecule has 134 valence electrons. The molecule has 0 fully saturated rings. The Hall–Kier alpha value is -3.68. The zero-order chi connectivity index (χ0) is 19.5. The molecule has 0 aliphatic rings. The lowest BCUT2D eigenvalue weighted by molar-refractivity contribution is 0.482. The summed E-state index contributed by atoms with van der Waals surface area (Å²) in [6, 6.07) is 26.0. The van der Waals surface area contributed by atoms with Gasteiger partial charge in [0.2, 0.25) is 0 Å². The van der Waals surface area contributed by atoms with Crippen molar-refractivity contribution in [2.24, 2.45) is 10.2 Å². The Morgan fingerprint density at radius 2 is 1.39 bits per heavy atom. The van der Waals surface area contributed by atoms with Gasteiger partial charge in [0, 0.05) is 10.8 Å². The Bertz CT molecular complexity index is 1220. The molecule has 0 aliphatic heterocycles. The van der Waals surface area contributed by atoms with Crippen LogP contribution in [0.1, 0.15) is 5.56 Å². The van der Waals surface area contributed by atoms with Crippen molar-refractivity contribution in [1.82, 2.24) is 0 Å². The van der Waals surface area contributed by atoms with Gasteiger partial charge in [0.15, 0.2) is 5.75 Å². The minimum atomic E-state index is 0.0537. The Kier molecular flexibility index (Phi) is 4.76. The third-order valence-electron chi connectivity index (χ3n) is 4.43. The number of aromatic hydroxyl groups is 1. The van der Waals surface area contributed by atoms with E-state index in [4.69, 9.17) is 16.9 Å². The quantitative estimate of drug-likeness (QED) is 0.381. The van der Waals surface area contributed by atoms with E-state index in [1.807, 2.05) is 54.6 Å². The lowest BCUT2D eigenvalue weighted by atomic mass is 10.0. The second-order valence-corrected chi connectivity index (χ2v) is 6.61. The van der Waals surface area contributed by atoms with Gasteiger partial charge in [-0.25, -0.2) is 0 Å². The molecule has 4 aromatic carbocycles. The molecule has 0 amide bonds. The lowest BCUT2D eigenvalue weighted by Gasteiger charge is -2.06. The van der Waals surface area contributed by atoms with Crippen molar-refractivity contribution >= 4 is 33.7 Å². The monoisotopic (exact) mass is 383 g/mol. The van der Waals surface area contributed by atoms with E-state index in [1.54, 1.807) is 24.3 Å². The van der Waals surface area contributed by atoms with Crippen LogP contribution in [-0.4, -0.2) is 5.11 Å². The molecule has 0 heterocycles. The van der Waals surface area contributed by atoms with Gasteiger partial charge in [-0.2, -0.15) is 10.4 Å². The van der Waals surface area contributed by atoms with Gasteiger partial charge in [0.25, 0.3) is 0 Å². The van der Waals surface area contributed by atoms with Crippen LogP contribution in [0.3, 0.4) is 0 Å². The second kappa shape index (κ2) is 7.51. The van der Waals surface area contributed by atoms with Gasteiger partial charge in [0.05, 0.1) is 22.3 Å². The zero-order valence-corrected chi connectivity index (χ0v) is 15.4. The number of hydrogen-bond donors (Lipinski definition) is 1. The van der Waals surface area contributed by atoms with E-state index in [9.17, 15) is 5.11 Å². The largest absolute Gasteiger partial charge is 0.505 e. The van der Waals surface area contributed by atoms with Gasteiger partial charge >= 0.3 is 0 Å². The molecular weight excluding hydrogens is 370 g/mol. The zero-order valence-electron chi connectivity index (χ0n) is 14.7. The summed E-state index contributed by atoms with van der Waals surface area (Å²) in [4.78, 5) is 0. The summed E-state index contributed by atoms with van der Waals surface area (Å²) in [7, 11) is 0. The molecule has 5 heteroatoms. The maximum absolute atomic E-state index is 10.5. The molecular formula is C23H14ClN3O. The Balaban J connectivity index is 1.61. The van der Waals surface area contributed by atoms with Gasteiger partial charge in [-0.1, -0.05) is 60.1 Å². The second-order valence-electron chi connectivity index (χ2n) is 6.21. The minimum absolute atomic E-state index is 0.0537. The highest BCUT2D eigenvalue weighted by atomic mass is 35.5. The van der Waals surface area contributed by atoms with Crippen molar-refractivity contribution in [3.8, 4) is 22.9 Å². The molecule has 0 saturated carbocycles. The van der Waals surface area contributed by atoms with Gasteiger partial charge in [-0.15, -0.1) is 5.11 Å². The highest BCUT2D eigenvalue weighted by molar-refractivity contribution is 6.36. The predicted molar refractivity (Wildman–Crippen MR) is 111 cm³/mol. The Morgan fingerprint density at radius 1 is 0.786 bits per heavy atom. The summed E-state index contributed by atoms with van der Waals surface area (Å²) in [6.45, 7) is 0. The molecule has 28 heavy (non-hydrogen) atoms. The first-order chi connectivity index (χ1) is 13.7. The molecule has 4 nitrogen and oxygen atoms in total. The topological polar surface area (TPSA) is 68.7 Å². The van der Waals surface area contributed by atoms with Crippen molar-refractivity contribution in [3.63, 3.8) is 0 Å². The van der Waals surface area contributed by atoms with Crippen molar-refractivity contribution in [1.29, 1.82) is 5.26 Å². The first-order valence-electron chi connectivity index (χ1n) is 8.58. The summed E-state index contributed by atoms with van der Waals surface area (Å²) in [5.41, 5.74) is 3.63. The van der Waals surface area contributed by atoms with Crippen LogP contribution >= 0.6 is 11.6 Å². The normalized spacial score (nSPS) is 11.0. The average Bonchev–Trinajstić information content (AvgIpc) is 2.76. The van der Waals surface area contributed by atoms with Crippen LogP contribution < -0.4 is 0 Å². The van der Waals surface area contributed by atoms with E-state index in [1.165, 1.54) is 0 Å². The molecule has 4 rings (SSSR count). The number of phenols is 1. The number of azo groups is 1. The van der Waals surface area contributed by atoms with Crippen molar-refractivity contribution in [2.45, 2.75) is 0 Å². The van der Waals surface area contributed by atoms with Crippen LogP contribution in [-0.2, 0) is 0 Å². The van der Waals surface area contributed by atoms with Crippen LogP contribution in [0.25, 0.3) is 21.9 Å². The van der Waals surface area contributed by atoms with E-state index in [2.05, 4.69) is 16.3 Å². The highest BCUT2D eigenvalue weighted by Gasteiger charge is 2.09. The molecule has 0 saturated heterocycles. The van der Waals surface area contributed by atoms with E-state index < -0.39 is 0 Å². The standard InChI is InChI=1S/C23H14ClN3O/c24-21-13-22(23(28)20-4-2-1-3-19(20)21)27-26-18-11-9-17(10-12-18)16-7-5-15(14-25)6-8-16/h1-13,28H. The summed E-state index contributed by atoms with van der Waals surface area (Å²) in [5, 5.41) is 29.6. The van der Waals surface area contributed by atoms with Gasteiger partial charge in [-0.3, -0.25) is 0 Å². The minimum Gasteiger partial charge on any atom is -0.505 e. The fraction of sp³-hybridized carbons (Fsp3) is 0. The number of rotatable bonds is 3. The first kappa shape index (κ1) is 17.7. The molecule has 0 radical (unpaired) electrons. The smallest absolute Gasteiger partial charge is 0.151 e. The first-order valence-corrected chi connectivity index (χ1v) is 8.96. The fourth-order valence-electron chi connectivity index (χ4n) is 2.95. The van der Waals surface area contributed by atoms with Crippen LogP contribution in [0, 0.1) is 11.3 Å². The highest BCUT2D eigenvalue weighted by Crippen LogP contribution is 2.39. The molecule has 0 unspecified atom stereocenters. The Morgan fingerprint density at radius 3 is 2.04 bits per heavy atom. The fourth-order valence-corrected chi connectivity index (χ4v) is 3.22. The molecule has 0 spiro atoms. The number of phenolic OH excluding ortho intramolecular Hbond substituents is 1. The van der Waals surface area contributed by atoms with E-state index in [0.717, 1.165) is 16.5 Å². The molecule has 1 N–H and O–H groups in total. The van der Waals surface area contributed by atoms with E-state index in [-0.39, 0.29) is 5.75 Å². The number of fused-ring (bicyclic) bond motifs is 1. The summed E-state index contributed by atoms with van der Waals surface area (Å²) < 4.78 is 0. The Labute approximate surface area is 167 Å². The van der Waals surface area contributed by atoms with Crippen molar-refractivity contribution in [2.75, 3.05) is 0 Å². The van der Waals surface area contributed by atoms with Crippen LogP contribution in [0.5, 0.6) is 5.75 Å². The average molecular weight is 384 g/mol. The number of halogens is 1. The van der Waals surface area contributed by atoms with Crippen LogP contribution in [0.15, 0.2) is 89.1 Å². The van der Waals surface area contributed by atoms with Crippen molar-refractivity contribution < 1.29 is 5.11 Å². The van der Waals surface area contributed by atoms with E-state index >= 15 is 0 Å². The third kappa shape index (κ3) is 3.44. The molecule has 0 aliphatic carbocycles. The van der Waals surface area contributed by atoms with Gasteiger partial charge < -0.3 is 5.11 Å². The molecule has 0 atom stereocenters. The predicted octanol–water partition coefficient (Wildman–Crippen LogP) is 7.15. The lowest BCUT2D eigenvalue weighted by Crippen LogP contribution is -1.79. The van der Waals surface area contributed by atoms with Crippen LogP contribution in [0.2, 0.25) is 5.02 Å². The van der Waals surface area contributed by atoms with Gasteiger partial charge in [-0.05, 0) is 41.5 Å². The number of nitrogens with zero attached hydrogens (tertiary/aromatic N) is 3. The summed E-state index contributed by atoms with van der Waals surface area (Å²) in [6.07, 6.45) is 0. The molecule has 0 aromatic heterocycles. The number of nitriles is 1. The number of benzene rings is 4. The summed E-state index contributed by atoms with van der Waals surface area (Å²) in [5.74, 6) is 0.0537. The van der Waals surface area contributed by atoms with Crippen LogP contribution in [0.4, 0.5) is 11.4 Å². The summed E-state index contributed by atoms with van der Waals surface area (Å²) >= 11 is 6.29. The number of hydrogen-bond acceptors (Lipinski definition) is 4. The maximum atomic E-state index is 10.5. The van der Waals surface area contributed by atoms with Crippen molar-refractivity contribution in [3.05, 3.63) is 89.4 Å². The van der Waals surface area contributed by atoms with Gasteiger partial charge in [0.1, 0.15) is 5.69 Å². The SMILES string of the molecule is N#Cc1ccc(-c2ccc(N=Nc3cc(Cl)c4ccccc4c3O)cc2)cc1. The van der Waals surface area contributed by atoms with E-state index in [0.29, 0.717) is 27.3 Å². The maximum Gasteiger partial charge on any atom is 0.151 e. The molecule has 0 bridgehead atoms. The molecule has 4 aromatic rings. The third-order valence-corrected chi connectivity index (χ3v) is 4.75.